The number of hydrogen-bond acceptors (Lipinski definition) is 5. The highest BCUT2D eigenvalue weighted by Crippen LogP contribution is 2.25. The summed E-state index contributed by atoms with van der Waals surface area (Å²) in [4.78, 5) is 44.7. The monoisotopic (exact) mass is 404 g/mol. The number of nitrogens with one attached hydrogen (secondary N) is 3. The number of thiophene rings is 1. The molecule has 0 spiro atoms. The van der Waals surface area contributed by atoms with Crippen molar-refractivity contribution >= 4 is 45.0 Å². The number of amides is 2. The molecule has 7 nitrogen and oxygen atoms in total. The molecule has 2 amide bonds. The van der Waals surface area contributed by atoms with Crippen molar-refractivity contribution in [1.82, 2.24) is 20.8 Å². The average Bonchev–Trinajstić information content (AvgIpc) is 2.89. The lowest BCUT2D eigenvalue weighted by Gasteiger charge is -2.07. The number of halogens is 1. The van der Waals surface area contributed by atoms with Crippen LogP contribution in [0.2, 0.25) is 5.02 Å². The third-order valence-corrected chi connectivity index (χ3v) is 5.39. The zero-order valence-electron chi connectivity index (χ0n) is 14.7. The Morgan fingerprint density at radius 2 is 1.74 bits per heavy atom. The molecule has 140 valence electrons. The second-order valence-electron chi connectivity index (χ2n) is 6.05. The highest BCUT2D eigenvalue weighted by molar-refractivity contribution is 7.18. The first kappa shape index (κ1) is 19.1. The van der Waals surface area contributed by atoms with Gasteiger partial charge in [0.05, 0.1) is 18.2 Å². The van der Waals surface area contributed by atoms with E-state index in [0.29, 0.717) is 15.2 Å². The Morgan fingerprint density at radius 3 is 2.41 bits per heavy atom. The lowest BCUT2D eigenvalue weighted by molar-refractivity contribution is -0.128. The van der Waals surface area contributed by atoms with Gasteiger partial charge in [-0.05, 0) is 37.1 Å². The van der Waals surface area contributed by atoms with Gasteiger partial charge in [-0.2, -0.15) is 0 Å². The molecule has 0 unspecified atom stereocenters. The first-order valence-electron chi connectivity index (χ1n) is 8.14. The van der Waals surface area contributed by atoms with Crippen molar-refractivity contribution in [3.63, 3.8) is 0 Å². The molecular formula is C18H17ClN4O3S. The zero-order valence-corrected chi connectivity index (χ0v) is 16.3. The summed E-state index contributed by atoms with van der Waals surface area (Å²) in [6.07, 6.45) is -0.0470. The normalized spacial score (nSPS) is 10.8. The highest BCUT2D eigenvalue weighted by atomic mass is 35.5. The molecule has 0 radical (unpaired) electrons. The summed E-state index contributed by atoms with van der Waals surface area (Å²) >= 11 is 7.21. The van der Waals surface area contributed by atoms with Crippen molar-refractivity contribution in [3.05, 3.63) is 61.5 Å². The maximum atomic E-state index is 12.2. The fourth-order valence-electron chi connectivity index (χ4n) is 2.55. The summed E-state index contributed by atoms with van der Waals surface area (Å²) in [6.45, 7) is 3.79. The number of nitrogens with zero attached hydrogens (tertiary/aromatic N) is 1. The van der Waals surface area contributed by atoms with Gasteiger partial charge < -0.3 is 4.98 Å². The van der Waals surface area contributed by atoms with Gasteiger partial charge in [0.1, 0.15) is 10.7 Å². The Kier molecular flexibility index (Phi) is 5.57. The minimum absolute atomic E-state index is 0.103. The fourth-order valence-corrected chi connectivity index (χ4v) is 3.73. The van der Waals surface area contributed by atoms with E-state index in [-0.39, 0.29) is 30.1 Å². The van der Waals surface area contributed by atoms with Crippen molar-refractivity contribution in [2.45, 2.75) is 26.7 Å². The van der Waals surface area contributed by atoms with Gasteiger partial charge in [0.15, 0.2) is 0 Å². The van der Waals surface area contributed by atoms with Crippen LogP contribution in [-0.4, -0.2) is 21.8 Å². The molecule has 27 heavy (non-hydrogen) atoms. The van der Waals surface area contributed by atoms with Crippen LogP contribution < -0.4 is 16.4 Å². The van der Waals surface area contributed by atoms with Crippen LogP contribution in [0.1, 0.15) is 21.8 Å². The Bertz CT molecular complexity index is 1070. The van der Waals surface area contributed by atoms with E-state index in [9.17, 15) is 14.4 Å². The highest BCUT2D eigenvalue weighted by Gasteiger charge is 2.14. The summed E-state index contributed by atoms with van der Waals surface area (Å²) in [5, 5.41) is 1.14. The largest absolute Gasteiger partial charge is 0.309 e. The van der Waals surface area contributed by atoms with E-state index in [1.54, 1.807) is 24.3 Å². The fraction of sp³-hybridized carbons (Fsp3) is 0.222. The molecule has 0 aliphatic carbocycles. The van der Waals surface area contributed by atoms with E-state index >= 15 is 0 Å². The molecule has 0 fully saturated rings. The van der Waals surface area contributed by atoms with Crippen molar-refractivity contribution in [1.29, 1.82) is 0 Å². The molecule has 2 heterocycles. The molecule has 1 aromatic carbocycles. The number of hydrogen-bond donors (Lipinski definition) is 3. The molecule has 0 aliphatic rings. The molecule has 0 bridgehead atoms. The van der Waals surface area contributed by atoms with Crippen LogP contribution in [0.4, 0.5) is 0 Å². The summed E-state index contributed by atoms with van der Waals surface area (Å²) in [7, 11) is 0. The SMILES string of the molecule is Cc1sc2nc(CC(=O)NNC(=O)Cc3ccc(Cl)cc3)[nH]c(=O)c2c1C. The zero-order chi connectivity index (χ0) is 19.6. The molecule has 0 atom stereocenters. The molecular weight excluding hydrogens is 388 g/mol. The van der Waals surface area contributed by atoms with E-state index in [2.05, 4.69) is 20.8 Å². The molecule has 0 saturated heterocycles. The number of benzene rings is 1. The van der Waals surface area contributed by atoms with Crippen LogP contribution in [0, 0.1) is 13.8 Å². The third-order valence-electron chi connectivity index (χ3n) is 4.04. The first-order valence-corrected chi connectivity index (χ1v) is 9.34. The summed E-state index contributed by atoms with van der Waals surface area (Å²) < 4.78 is 0. The molecule has 3 N–H and O–H groups in total. The second kappa shape index (κ2) is 7.89. The van der Waals surface area contributed by atoms with Gasteiger partial charge in [0, 0.05) is 9.90 Å². The summed E-state index contributed by atoms with van der Waals surface area (Å²) in [5.74, 6) is -0.600. The molecule has 3 rings (SSSR count). The predicted molar refractivity (Wildman–Crippen MR) is 105 cm³/mol. The van der Waals surface area contributed by atoms with Gasteiger partial charge in [-0.3, -0.25) is 25.2 Å². The Labute approximate surface area is 163 Å². The number of carbonyl (C=O) groups is 2. The predicted octanol–water partition coefficient (Wildman–Crippen LogP) is 2.19. The smallest absolute Gasteiger partial charge is 0.259 e. The van der Waals surface area contributed by atoms with Gasteiger partial charge in [-0.15, -0.1) is 11.3 Å². The Balaban J connectivity index is 1.59. The lowest BCUT2D eigenvalue weighted by Crippen LogP contribution is -2.43. The number of hydrazine groups is 1. The van der Waals surface area contributed by atoms with Crippen molar-refractivity contribution < 1.29 is 9.59 Å². The number of carbonyl (C=O) groups excluding carboxylic acids is 2. The topological polar surface area (TPSA) is 104 Å². The van der Waals surface area contributed by atoms with E-state index < -0.39 is 5.91 Å². The number of aromatic nitrogens is 2. The summed E-state index contributed by atoms with van der Waals surface area (Å²) in [5.41, 5.74) is 6.07. The van der Waals surface area contributed by atoms with Gasteiger partial charge in [-0.1, -0.05) is 23.7 Å². The second-order valence-corrected chi connectivity index (χ2v) is 7.69. The first-order chi connectivity index (χ1) is 12.8. The quantitative estimate of drug-likeness (QED) is 0.580. The molecule has 0 aliphatic heterocycles. The maximum Gasteiger partial charge on any atom is 0.259 e. The number of H-pyrrole nitrogens is 1. The number of fused-ring (bicyclic) bond motifs is 1. The van der Waals surface area contributed by atoms with Crippen molar-refractivity contribution in [2.75, 3.05) is 0 Å². The summed E-state index contributed by atoms with van der Waals surface area (Å²) in [6, 6.07) is 6.85. The van der Waals surface area contributed by atoms with Crippen molar-refractivity contribution in [3.8, 4) is 0 Å². The van der Waals surface area contributed by atoms with E-state index in [1.165, 1.54) is 11.3 Å². The number of aromatic amines is 1. The van der Waals surface area contributed by atoms with E-state index in [4.69, 9.17) is 11.6 Å². The molecule has 0 saturated carbocycles. The van der Waals surface area contributed by atoms with Crippen LogP contribution in [-0.2, 0) is 22.4 Å². The molecule has 9 heteroatoms. The Hall–Kier alpha value is -2.71. The number of aryl methyl sites for hydroxylation is 2. The van der Waals surface area contributed by atoms with Gasteiger partial charge in [-0.25, -0.2) is 4.98 Å². The maximum absolute atomic E-state index is 12.2. The number of rotatable bonds is 4. The van der Waals surface area contributed by atoms with Crippen molar-refractivity contribution in [2.24, 2.45) is 0 Å². The van der Waals surface area contributed by atoms with Gasteiger partial charge in [0.2, 0.25) is 11.8 Å². The van der Waals surface area contributed by atoms with Gasteiger partial charge in [0.25, 0.3) is 5.56 Å². The minimum atomic E-state index is -0.480. The van der Waals surface area contributed by atoms with Crippen LogP contribution in [0.25, 0.3) is 10.2 Å². The Morgan fingerprint density at radius 1 is 1.11 bits per heavy atom. The van der Waals surface area contributed by atoms with E-state index in [0.717, 1.165) is 16.0 Å². The van der Waals surface area contributed by atoms with Crippen LogP contribution >= 0.6 is 22.9 Å². The van der Waals surface area contributed by atoms with Crippen LogP contribution in [0.15, 0.2) is 29.1 Å². The molecule has 2 aromatic heterocycles. The minimum Gasteiger partial charge on any atom is -0.309 e. The average molecular weight is 405 g/mol. The lowest BCUT2D eigenvalue weighted by atomic mass is 10.1. The van der Waals surface area contributed by atoms with Gasteiger partial charge >= 0.3 is 0 Å². The standard InChI is InChI=1S/C18H17ClN4O3S/c1-9-10(2)27-18-16(9)17(26)20-13(21-18)8-15(25)23-22-14(24)7-11-3-5-12(19)6-4-11/h3-6H,7-8H2,1-2H3,(H,22,24)(H,23,25)(H,20,21,26). The van der Waals surface area contributed by atoms with Crippen LogP contribution in [0.3, 0.4) is 0 Å². The third kappa shape index (κ3) is 4.53. The molecule has 3 aromatic rings. The van der Waals surface area contributed by atoms with E-state index in [1.807, 2.05) is 13.8 Å². The van der Waals surface area contributed by atoms with Crippen LogP contribution in [0.5, 0.6) is 0 Å².